The summed E-state index contributed by atoms with van der Waals surface area (Å²) < 4.78 is 1.33. The highest BCUT2D eigenvalue weighted by molar-refractivity contribution is 8.01. The van der Waals surface area contributed by atoms with Gasteiger partial charge in [0.25, 0.3) is 0 Å². The van der Waals surface area contributed by atoms with E-state index in [1.54, 1.807) is 6.20 Å². The van der Waals surface area contributed by atoms with E-state index in [2.05, 4.69) is 4.98 Å². The number of thioether (sulfide) groups is 1. The Bertz CT molecular complexity index is 616. The van der Waals surface area contributed by atoms with E-state index in [0.29, 0.717) is 0 Å². The van der Waals surface area contributed by atoms with Crippen LogP contribution in [0.4, 0.5) is 0 Å². The summed E-state index contributed by atoms with van der Waals surface area (Å²) in [7, 11) is 1.94. The molecule has 2 heterocycles. The molecule has 0 amide bonds. The first-order chi connectivity index (χ1) is 8.62. The van der Waals surface area contributed by atoms with Crippen molar-refractivity contribution in [2.24, 2.45) is 7.05 Å². The van der Waals surface area contributed by atoms with Crippen molar-refractivity contribution in [1.82, 2.24) is 9.55 Å². The van der Waals surface area contributed by atoms with Gasteiger partial charge in [0.1, 0.15) is 10.4 Å². The summed E-state index contributed by atoms with van der Waals surface area (Å²) in [6.45, 7) is 0. The van der Waals surface area contributed by atoms with Crippen LogP contribution >= 0.6 is 11.8 Å². The van der Waals surface area contributed by atoms with Gasteiger partial charge in [-0.05, 0) is 31.4 Å². The monoisotopic (exact) mass is 262 g/mol. The SMILES string of the molecule is Cn1ccc2c(SC3(C(=O)O)CCC3)ccnc21. The third-order valence-corrected chi connectivity index (χ3v) is 5.13. The van der Waals surface area contributed by atoms with E-state index >= 15 is 0 Å². The van der Waals surface area contributed by atoms with Crippen molar-refractivity contribution in [2.75, 3.05) is 0 Å². The van der Waals surface area contributed by atoms with Gasteiger partial charge in [-0.3, -0.25) is 4.79 Å². The van der Waals surface area contributed by atoms with Crippen molar-refractivity contribution in [3.8, 4) is 0 Å². The molecule has 1 fully saturated rings. The Morgan fingerprint density at radius 3 is 2.89 bits per heavy atom. The van der Waals surface area contributed by atoms with Crippen LogP contribution in [0.2, 0.25) is 0 Å². The lowest BCUT2D eigenvalue weighted by atomic mass is 9.84. The zero-order valence-electron chi connectivity index (χ0n) is 10.1. The van der Waals surface area contributed by atoms with Gasteiger partial charge in [0, 0.05) is 29.7 Å². The molecule has 3 rings (SSSR count). The van der Waals surface area contributed by atoms with Gasteiger partial charge < -0.3 is 9.67 Å². The van der Waals surface area contributed by atoms with E-state index in [1.807, 2.05) is 29.9 Å². The molecule has 0 spiro atoms. The van der Waals surface area contributed by atoms with Gasteiger partial charge in [-0.2, -0.15) is 0 Å². The molecule has 5 heteroatoms. The average Bonchev–Trinajstić information content (AvgIpc) is 2.66. The molecule has 0 aromatic carbocycles. The highest BCUT2D eigenvalue weighted by Crippen LogP contribution is 2.49. The van der Waals surface area contributed by atoms with Gasteiger partial charge >= 0.3 is 5.97 Å². The summed E-state index contributed by atoms with van der Waals surface area (Å²) in [6.07, 6.45) is 6.21. The Morgan fingerprint density at radius 1 is 1.50 bits per heavy atom. The normalized spacial score (nSPS) is 17.6. The molecule has 2 aromatic heterocycles. The summed E-state index contributed by atoms with van der Waals surface area (Å²) in [5, 5.41) is 10.4. The molecule has 0 bridgehead atoms. The number of aryl methyl sites for hydroxylation is 1. The van der Waals surface area contributed by atoms with Gasteiger partial charge in [0.15, 0.2) is 0 Å². The van der Waals surface area contributed by atoms with Crippen LogP contribution in [0.3, 0.4) is 0 Å². The molecule has 1 aliphatic carbocycles. The lowest BCUT2D eigenvalue weighted by Crippen LogP contribution is -2.41. The number of aliphatic carboxylic acids is 1. The average molecular weight is 262 g/mol. The van der Waals surface area contributed by atoms with E-state index in [-0.39, 0.29) is 0 Å². The first kappa shape index (κ1) is 11.6. The number of carbonyl (C=O) groups is 1. The molecule has 1 saturated carbocycles. The lowest BCUT2D eigenvalue weighted by Gasteiger charge is -2.36. The third-order valence-electron chi connectivity index (χ3n) is 3.58. The predicted molar refractivity (Wildman–Crippen MR) is 70.8 cm³/mol. The van der Waals surface area contributed by atoms with Crippen molar-refractivity contribution in [3.05, 3.63) is 24.5 Å². The zero-order chi connectivity index (χ0) is 12.8. The number of pyridine rings is 1. The lowest BCUT2D eigenvalue weighted by molar-refractivity contribution is -0.142. The molecule has 0 radical (unpaired) electrons. The summed E-state index contributed by atoms with van der Waals surface area (Å²) in [5.41, 5.74) is 0.903. The second-order valence-corrected chi connectivity index (χ2v) is 6.15. The van der Waals surface area contributed by atoms with Crippen molar-refractivity contribution in [1.29, 1.82) is 0 Å². The van der Waals surface area contributed by atoms with Gasteiger partial charge in [0.2, 0.25) is 0 Å². The second-order valence-electron chi connectivity index (χ2n) is 4.73. The van der Waals surface area contributed by atoms with E-state index in [9.17, 15) is 9.90 Å². The number of aromatic nitrogens is 2. The fourth-order valence-electron chi connectivity index (χ4n) is 2.30. The maximum absolute atomic E-state index is 11.4. The Kier molecular flexibility index (Phi) is 2.59. The first-order valence-electron chi connectivity index (χ1n) is 5.95. The first-order valence-corrected chi connectivity index (χ1v) is 6.76. The van der Waals surface area contributed by atoms with Crippen LogP contribution in [0, 0.1) is 0 Å². The summed E-state index contributed by atoms with van der Waals surface area (Å²) in [4.78, 5) is 16.7. The standard InChI is InChI=1S/C13H14N2O2S/c1-15-8-4-9-10(3-7-14-11(9)15)18-13(12(16)17)5-2-6-13/h3-4,7-8H,2,5-6H2,1H3,(H,16,17). The van der Waals surface area contributed by atoms with Crippen LogP contribution in [-0.4, -0.2) is 25.4 Å². The molecule has 2 aromatic rings. The number of carboxylic acid groups (broad SMARTS) is 1. The molecule has 0 unspecified atom stereocenters. The van der Waals surface area contributed by atoms with Gasteiger partial charge in [-0.25, -0.2) is 4.98 Å². The van der Waals surface area contributed by atoms with Crippen LogP contribution in [0.5, 0.6) is 0 Å². The van der Waals surface area contributed by atoms with Crippen LogP contribution < -0.4 is 0 Å². The molecule has 0 saturated heterocycles. The molecule has 1 N–H and O–H groups in total. The molecular weight excluding hydrogens is 248 g/mol. The molecular formula is C13H14N2O2S. The van der Waals surface area contributed by atoms with E-state index < -0.39 is 10.7 Å². The Hall–Kier alpha value is -1.49. The van der Waals surface area contributed by atoms with E-state index in [1.165, 1.54) is 11.8 Å². The van der Waals surface area contributed by atoms with Crippen molar-refractivity contribution < 1.29 is 9.90 Å². The smallest absolute Gasteiger partial charge is 0.320 e. The van der Waals surface area contributed by atoms with Crippen LogP contribution in [0.25, 0.3) is 11.0 Å². The number of hydrogen-bond acceptors (Lipinski definition) is 3. The number of fused-ring (bicyclic) bond motifs is 1. The predicted octanol–water partition coefficient (Wildman–Crippen LogP) is 2.67. The van der Waals surface area contributed by atoms with Gasteiger partial charge in [-0.1, -0.05) is 0 Å². The fourth-order valence-corrected chi connectivity index (χ4v) is 3.70. The maximum atomic E-state index is 11.4. The minimum Gasteiger partial charge on any atom is -0.480 e. The quantitative estimate of drug-likeness (QED) is 0.924. The number of rotatable bonds is 3. The Morgan fingerprint density at radius 2 is 2.28 bits per heavy atom. The largest absolute Gasteiger partial charge is 0.480 e. The third kappa shape index (κ3) is 1.61. The van der Waals surface area contributed by atoms with Crippen LogP contribution in [-0.2, 0) is 11.8 Å². The van der Waals surface area contributed by atoms with Gasteiger partial charge in [0.05, 0.1) is 0 Å². The number of hydrogen-bond donors (Lipinski definition) is 1. The summed E-state index contributed by atoms with van der Waals surface area (Å²) in [6, 6.07) is 3.91. The van der Waals surface area contributed by atoms with Crippen LogP contribution in [0.1, 0.15) is 19.3 Å². The highest BCUT2D eigenvalue weighted by atomic mass is 32.2. The van der Waals surface area contributed by atoms with Crippen LogP contribution in [0.15, 0.2) is 29.4 Å². The van der Waals surface area contributed by atoms with E-state index in [0.717, 1.165) is 35.2 Å². The molecule has 0 aliphatic heterocycles. The Balaban J connectivity index is 2.02. The molecule has 0 atom stereocenters. The van der Waals surface area contributed by atoms with Crippen molar-refractivity contribution >= 4 is 28.8 Å². The number of carboxylic acids is 1. The fraction of sp³-hybridized carbons (Fsp3) is 0.385. The zero-order valence-corrected chi connectivity index (χ0v) is 10.9. The molecule has 18 heavy (non-hydrogen) atoms. The van der Waals surface area contributed by atoms with Gasteiger partial charge in [-0.15, -0.1) is 11.8 Å². The second kappa shape index (κ2) is 4.02. The summed E-state index contributed by atoms with van der Waals surface area (Å²) >= 11 is 1.48. The maximum Gasteiger partial charge on any atom is 0.320 e. The van der Waals surface area contributed by atoms with E-state index in [4.69, 9.17) is 0 Å². The van der Waals surface area contributed by atoms with Crippen molar-refractivity contribution in [3.63, 3.8) is 0 Å². The molecule has 4 nitrogen and oxygen atoms in total. The van der Waals surface area contributed by atoms with Crippen molar-refractivity contribution in [2.45, 2.75) is 28.9 Å². The molecule has 1 aliphatic rings. The minimum atomic E-state index is -0.695. The summed E-state index contributed by atoms with van der Waals surface area (Å²) in [5.74, 6) is -0.695. The highest BCUT2D eigenvalue weighted by Gasteiger charge is 2.45. The molecule has 94 valence electrons. The topological polar surface area (TPSA) is 55.1 Å². The Labute approximate surface area is 109 Å². The number of nitrogens with zero attached hydrogens (tertiary/aromatic N) is 2. The minimum absolute atomic E-state index is 0.621.